The molecule has 0 aromatic heterocycles. The number of carbonyl (C=O) groups excluding carboxylic acids is 1. The number of ether oxygens (including phenoxy) is 1. The molecule has 0 radical (unpaired) electrons. The third-order valence-corrected chi connectivity index (χ3v) is 5.70. The number of rotatable bonds is 4. The normalized spacial score (nSPS) is 18.3. The minimum absolute atomic E-state index is 0.117. The minimum atomic E-state index is -4.56. The zero-order valence-corrected chi connectivity index (χ0v) is 19.7. The van der Waals surface area contributed by atoms with Crippen molar-refractivity contribution in [3.8, 4) is 0 Å². The second-order valence-corrected chi connectivity index (χ2v) is 8.45. The van der Waals surface area contributed by atoms with Gasteiger partial charge in [-0.1, -0.05) is 24.3 Å². The van der Waals surface area contributed by atoms with Crippen molar-refractivity contribution in [3.63, 3.8) is 0 Å². The number of hydrogen-bond donors (Lipinski definition) is 1. The Labute approximate surface area is 200 Å². The van der Waals surface area contributed by atoms with Crippen molar-refractivity contribution in [2.45, 2.75) is 12.4 Å². The van der Waals surface area contributed by atoms with Gasteiger partial charge in [-0.25, -0.2) is 4.99 Å². The lowest BCUT2D eigenvalue weighted by Gasteiger charge is -2.30. The number of likely N-dealkylation sites (N-methyl/N-ethyl adjacent to an activating group) is 2. The number of hydrazone groups is 1. The Morgan fingerprint density at radius 1 is 1.11 bits per heavy atom. The number of aliphatic imine (C=N–C) groups is 1. The highest BCUT2D eigenvalue weighted by molar-refractivity contribution is 6.04. The van der Waals surface area contributed by atoms with Crippen molar-refractivity contribution < 1.29 is 22.7 Å². The van der Waals surface area contributed by atoms with Crippen molar-refractivity contribution in [1.29, 1.82) is 0 Å². The fourth-order valence-electron chi connectivity index (χ4n) is 3.81. The zero-order chi connectivity index (χ0) is 25.5. The first-order chi connectivity index (χ1) is 16.5. The lowest BCUT2D eigenvalue weighted by Crippen LogP contribution is -2.39. The van der Waals surface area contributed by atoms with Gasteiger partial charge in [0.2, 0.25) is 12.1 Å². The van der Waals surface area contributed by atoms with Gasteiger partial charge in [-0.2, -0.15) is 13.2 Å². The van der Waals surface area contributed by atoms with Crippen molar-refractivity contribution in [2.75, 3.05) is 34.7 Å². The first kappa shape index (κ1) is 24.1. The van der Waals surface area contributed by atoms with Crippen molar-refractivity contribution in [1.82, 2.24) is 14.8 Å². The Hall–Kier alpha value is -4.02. The summed E-state index contributed by atoms with van der Waals surface area (Å²) in [6, 6.07) is 12.1. The van der Waals surface area contributed by atoms with Gasteiger partial charge < -0.3 is 20.3 Å². The number of nitrogens with zero attached hydrogens (tertiary/aromatic N) is 5. The van der Waals surface area contributed by atoms with E-state index in [4.69, 9.17) is 15.5 Å². The molecule has 0 aliphatic carbocycles. The molecule has 184 valence electrons. The Balaban J connectivity index is 1.64. The van der Waals surface area contributed by atoms with E-state index in [1.807, 2.05) is 0 Å². The molecule has 1 unspecified atom stereocenters. The molecule has 8 nitrogen and oxygen atoms in total. The van der Waals surface area contributed by atoms with E-state index in [0.717, 1.165) is 11.6 Å². The Morgan fingerprint density at radius 3 is 2.40 bits per heavy atom. The molecule has 1 amide bonds. The maximum atomic E-state index is 13.5. The topological polar surface area (TPSA) is 86.8 Å². The number of halogens is 3. The van der Waals surface area contributed by atoms with Gasteiger partial charge in [-0.05, 0) is 29.8 Å². The summed E-state index contributed by atoms with van der Waals surface area (Å²) in [6.45, 7) is 0.400. The van der Waals surface area contributed by atoms with Gasteiger partial charge >= 0.3 is 6.18 Å². The highest BCUT2D eigenvalue weighted by Gasteiger charge is 2.39. The predicted molar refractivity (Wildman–Crippen MR) is 125 cm³/mol. The molecule has 0 saturated heterocycles. The Kier molecular flexibility index (Phi) is 6.18. The van der Waals surface area contributed by atoms with Gasteiger partial charge in [0.15, 0.2) is 0 Å². The molecule has 2 N–H and O–H groups in total. The second-order valence-electron chi connectivity index (χ2n) is 8.45. The van der Waals surface area contributed by atoms with Crippen LogP contribution < -0.4 is 5.73 Å². The maximum Gasteiger partial charge on any atom is 0.417 e. The summed E-state index contributed by atoms with van der Waals surface area (Å²) in [5.74, 6) is 0.0432. The predicted octanol–water partition coefficient (Wildman–Crippen LogP) is 2.92. The highest BCUT2D eigenvalue weighted by atomic mass is 19.4. The molecular formula is C24H25F3N6O2. The number of nitrogens with two attached hydrogens (primary N) is 1. The van der Waals surface area contributed by atoms with Crippen molar-refractivity contribution >= 4 is 17.5 Å². The number of benzene rings is 2. The molecule has 2 aliphatic heterocycles. The minimum Gasteiger partial charge on any atom is -0.444 e. The van der Waals surface area contributed by atoms with Crippen LogP contribution in [0.3, 0.4) is 0 Å². The molecule has 0 fully saturated rings. The first-order valence-electron chi connectivity index (χ1n) is 10.7. The van der Waals surface area contributed by atoms with Crippen LogP contribution in [0.15, 0.2) is 70.1 Å². The molecule has 1 atom stereocenters. The number of hydrogen-bond acceptors (Lipinski definition) is 7. The second kappa shape index (κ2) is 8.97. The first-order valence-corrected chi connectivity index (χ1v) is 10.7. The van der Waals surface area contributed by atoms with Gasteiger partial charge in [0, 0.05) is 33.8 Å². The SMILES string of the molecule is CN(C)C(=O)c1ccc(C2=NC(C3OC(c4ccccc4C(F)(F)F)=NN3C)=C(N)N(C)C2)cc1. The molecule has 4 rings (SSSR count). The molecule has 0 bridgehead atoms. The van der Waals surface area contributed by atoms with Crippen LogP contribution in [-0.2, 0) is 10.9 Å². The Morgan fingerprint density at radius 2 is 1.77 bits per heavy atom. The molecule has 2 aromatic carbocycles. The van der Waals surface area contributed by atoms with Gasteiger partial charge in [-0.3, -0.25) is 9.80 Å². The van der Waals surface area contributed by atoms with E-state index < -0.39 is 18.0 Å². The zero-order valence-electron chi connectivity index (χ0n) is 19.7. The average Bonchev–Trinajstić information content (AvgIpc) is 3.21. The van der Waals surface area contributed by atoms with Crippen LogP contribution >= 0.6 is 0 Å². The monoisotopic (exact) mass is 486 g/mol. The summed E-state index contributed by atoms with van der Waals surface area (Å²) in [4.78, 5) is 20.1. The summed E-state index contributed by atoms with van der Waals surface area (Å²) in [7, 11) is 6.72. The van der Waals surface area contributed by atoms with Gasteiger partial charge in [-0.15, -0.1) is 5.10 Å². The molecule has 2 aromatic rings. The standard InChI is InChI=1S/C24H25F3N6O2/c1-31(2)22(34)15-11-9-14(10-12-15)18-13-32(3)20(28)19(29-18)23-33(4)30-21(35-23)16-7-5-6-8-17(16)24(25,26)27/h5-12,23H,13,28H2,1-4H3. The van der Waals surface area contributed by atoms with E-state index >= 15 is 0 Å². The largest absolute Gasteiger partial charge is 0.444 e. The van der Waals surface area contributed by atoms with Crippen molar-refractivity contribution in [2.24, 2.45) is 15.8 Å². The fourth-order valence-corrected chi connectivity index (χ4v) is 3.81. The smallest absolute Gasteiger partial charge is 0.417 e. The lowest BCUT2D eigenvalue weighted by molar-refractivity contribution is -0.137. The molecule has 0 saturated carbocycles. The molecule has 2 aliphatic rings. The van der Waals surface area contributed by atoms with Crippen LogP contribution in [-0.4, -0.2) is 73.3 Å². The summed E-state index contributed by atoms with van der Waals surface area (Å²) < 4.78 is 46.4. The van der Waals surface area contributed by atoms with Crippen LogP contribution in [0.1, 0.15) is 27.0 Å². The average molecular weight is 486 g/mol. The molecular weight excluding hydrogens is 461 g/mol. The van der Waals surface area contributed by atoms with E-state index in [-0.39, 0.29) is 17.4 Å². The lowest BCUT2D eigenvalue weighted by atomic mass is 10.0. The van der Waals surface area contributed by atoms with Crippen LogP contribution in [0, 0.1) is 0 Å². The van der Waals surface area contributed by atoms with Gasteiger partial charge in [0.05, 0.1) is 23.4 Å². The third-order valence-electron chi connectivity index (χ3n) is 5.70. The van der Waals surface area contributed by atoms with E-state index in [2.05, 4.69) is 5.10 Å². The van der Waals surface area contributed by atoms with E-state index in [1.165, 1.54) is 28.1 Å². The van der Waals surface area contributed by atoms with E-state index in [1.54, 1.807) is 57.4 Å². The molecule has 35 heavy (non-hydrogen) atoms. The van der Waals surface area contributed by atoms with Crippen LogP contribution in [0.2, 0.25) is 0 Å². The number of amides is 1. The number of alkyl halides is 3. The van der Waals surface area contributed by atoms with Crippen LogP contribution in [0.25, 0.3) is 0 Å². The fraction of sp³-hybridized carbons (Fsp3) is 0.292. The third kappa shape index (κ3) is 4.66. The summed E-state index contributed by atoms with van der Waals surface area (Å²) in [5.41, 5.74) is 7.61. The molecule has 11 heteroatoms. The van der Waals surface area contributed by atoms with Crippen LogP contribution in [0.5, 0.6) is 0 Å². The summed E-state index contributed by atoms with van der Waals surface area (Å²) in [5, 5.41) is 5.60. The van der Waals surface area contributed by atoms with Gasteiger partial charge in [0.1, 0.15) is 11.5 Å². The molecule has 2 heterocycles. The summed E-state index contributed by atoms with van der Waals surface area (Å²) in [6.07, 6.45) is -5.48. The summed E-state index contributed by atoms with van der Waals surface area (Å²) >= 11 is 0. The number of carbonyl (C=O) groups is 1. The van der Waals surface area contributed by atoms with E-state index in [0.29, 0.717) is 29.3 Å². The van der Waals surface area contributed by atoms with Crippen LogP contribution in [0.4, 0.5) is 13.2 Å². The quantitative estimate of drug-likeness (QED) is 0.718. The van der Waals surface area contributed by atoms with Crippen molar-refractivity contribution in [3.05, 3.63) is 82.3 Å². The van der Waals surface area contributed by atoms with Gasteiger partial charge in [0.25, 0.3) is 5.91 Å². The maximum absolute atomic E-state index is 13.5. The highest BCUT2D eigenvalue weighted by Crippen LogP contribution is 2.34. The Bertz CT molecular complexity index is 1230. The van der Waals surface area contributed by atoms with E-state index in [9.17, 15) is 18.0 Å². The molecule has 0 spiro atoms.